The maximum atomic E-state index is 13.5. The number of hydrogen-bond donors (Lipinski definition) is 0. The Kier molecular flexibility index (Phi) is 5.50. The van der Waals surface area contributed by atoms with E-state index in [4.69, 9.17) is 16.1 Å². The molecule has 1 fully saturated rings. The van der Waals surface area contributed by atoms with Gasteiger partial charge in [-0.2, -0.15) is 0 Å². The number of fused-ring (bicyclic) bond motifs is 1. The first kappa shape index (κ1) is 18.5. The number of aryl methyl sites for hydroxylation is 1. The molecule has 0 spiro atoms. The second kappa shape index (κ2) is 8.03. The zero-order valence-electron chi connectivity index (χ0n) is 15.8. The summed E-state index contributed by atoms with van der Waals surface area (Å²) in [7, 11) is 2.13. The summed E-state index contributed by atoms with van der Waals surface area (Å²) in [5, 5.41) is 4.88. The van der Waals surface area contributed by atoms with Gasteiger partial charge in [-0.3, -0.25) is 4.79 Å². The molecular formula is C21H26ClN3O2. The van der Waals surface area contributed by atoms with Crippen molar-refractivity contribution in [1.29, 1.82) is 0 Å². The lowest BCUT2D eigenvalue weighted by Gasteiger charge is -2.37. The molecule has 1 aromatic heterocycles. The van der Waals surface area contributed by atoms with E-state index in [1.807, 2.05) is 29.2 Å². The standard InChI is InChI=1S/C21H26ClN3O2/c1-24-12-10-16(11-13-24)25(14-15-6-2-4-8-18(15)22)21(26)20-17-7-3-5-9-19(17)27-23-20/h2,4,6,8,16H,3,5,7,9-14H2,1H3. The molecule has 0 radical (unpaired) electrons. The van der Waals surface area contributed by atoms with Gasteiger partial charge < -0.3 is 14.3 Å². The second-order valence-electron chi connectivity index (χ2n) is 7.70. The van der Waals surface area contributed by atoms with Crippen molar-refractivity contribution in [2.75, 3.05) is 20.1 Å². The average molecular weight is 388 g/mol. The SMILES string of the molecule is CN1CCC(N(Cc2ccccc2Cl)C(=O)c2noc3c2CCCC3)CC1. The van der Waals surface area contributed by atoms with Crippen LogP contribution < -0.4 is 0 Å². The van der Waals surface area contributed by atoms with Gasteiger partial charge in [-0.15, -0.1) is 0 Å². The Balaban J connectivity index is 1.63. The van der Waals surface area contributed by atoms with Crippen LogP contribution in [0.15, 0.2) is 28.8 Å². The van der Waals surface area contributed by atoms with E-state index in [-0.39, 0.29) is 11.9 Å². The number of benzene rings is 1. The van der Waals surface area contributed by atoms with E-state index in [0.29, 0.717) is 17.3 Å². The molecule has 144 valence electrons. The molecule has 2 aromatic rings. The van der Waals surface area contributed by atoms with E-state index >= 15 is 0 Å². The largest absolute Gasteiger partial charge is 0.360 e. The van der Waals surface area contributed by atoms with Gasteiger partial charge in [0.15, 0.2) is 5.69 Å². The van der Waals surface area contributed by atoms with E-state index in [9.17, 15) is 4.79 Å². The lowest BCUT2D eigenvalue weighted by Crippen LogP contribution is -2.46. The van der Waals surface area contributed by atoms with E-state index in [2.05, 4.69) is 17.1 Å². The minimum Gasteiger partial charge on any atom is -0.360 e. The van der Waals surface area contributed by atoms with E-state index in [0.717, 1.165) is 68.5 Å². The molecular weight excluding hydrogens is 362 g/mol. The van der Waals surface area contributed by atoms with Crippen LogP contribution in [0.3, 0.4) is 0 Å². The van der Waals surface area contributed by atoms with Gasteiger partial charge >= 0.3 is 0 Å². The zero-order valence-corrected chi connectivity index (χ0v) is 16.5. The number of piperidine rings is 1. The number of rotatable bonds is 4. The number of carbonyl (C=O) groups excluding carboxylic acids is 1. The van der Waals surface area contributed by atoms with Crippen molar-refractivity contribution in [1.82, 2.24) is 15.0 Å². The maximum Gasteiger partial charge on any atom is 0.276 e. The number of likely N-dealkylation sites (tertiary alicyclic amines) is 1. The number of hydrogen-bond acceptors (Lipinski definition) is 4. The van der Waals surface area contributed by atoms with Crippen molar-refractivity contribution < 1.29 is 9.32 Å². The lowest BCUT2D eigenvalue weighted by atomic mass is 9.95. The molecule has 2 aliphatic rings. The fourth-order valence-electron chi connectivity index (χ4n) is 4.17. The summed E-state index contributed by atoms with van der Waals surface area (Å²) in [6.45, 7) is 2.50. The van der Waals surface area contributed by atoms with Crippen molar-refractivity contribution >= 4 is 17.5 Å². The molecule has 1 aliphatic carbocycles. The number of halogens is 1. The summed E-state index contributed by atoms with van der Waals surface area (Å²) >= 11 is 6.40. The highest BCUT2D eigenvalue weighted by atomic mass is 35.5. The molecule has 1 saturated heterocycles. The number of aromatic nitrogens is 1. The minimum atomic E-state index is -0.0172. The first-order valence-electron chi connectivity index (χ1n) is 9.84. The van der Waals surface area contributed by atoms with Crippen LogP contribution in [0, 0.1) is 0 Å². The monoisotopic (exact) mass is 387 g/mol. The van der Waals surface area contributed by atoms with Crippen molar-refractivity contribution in [3.8, 4) is 0 Å². The first-order chi connectivity index (χ1) is 13.1. The number of amides is 1. The third-order valence-corrected chi connectivity index (χ3v) is 6.21. The van der Waals surface area contributed by atoms with Crippen LogP contribution in [0.5, 0.6) is 0 Å². The molecule has 0 atom stereocenters. The Bertz CT molecular complexity index is 812. The van der Waals surface area contributed by atoms with Crippen LogP contribution in [-0.4, -0.2) is 47.0 Å². The first-order valence-corrected chi connectivity index (χ1v) is 10.2. The molecule has 0 N–H and O–H groups in total. The third-order valence-electron chi connectivity index (χ3n) is 5.84. The van der Waals surface area contributed by atoms with Crippen LogP contribution >= 0.6 is 11.6 Å². The summed E-state index contributed by atoms with van der Waals surface area (Å²) in [5.41, 5.74) is 2.50. The van der Waals surface area contributed by atoms with Gasteiger partial charge in [0.25, 0.3) is 5.91 Å². The highest BCUT2D eigenvalue weighted by Gasteiger charge is 2.33. The predicted molar refractivity (Wildman–Crippen MR) is 105 cm³/mol. The predicted octanol–water partition coefficient (Wildman–Crippen LogP) is 3.94. The smallest absolute Gasteiger partial charge is 0.276 e. The molecule has 5 nitrogen and oxygen atoms in total. The number of nitrogens with zero attached hydrogens (tertiary/aromatic N) is 3. The van der Waals surface area contributed by atoms with Crippen molar-refractivity contribution in [3.63, 3.8) is 0 Å². The second-order valence-corrected chi connectivity index (χ2v) is 8.11. The molecule has 1 aliphatic heterocycles. The molecule has 0 bridgehead atoms. The quantitative estimate of drug-likeness (QED) is 0.797. The summed E-state index contributed by atoms with van der Waals surface area (Å²) in [6.07, 6.45) is 5.89. The van der Waals surface area contributed by atoms with E-state index in [1.165, 1.54) is 0 Å². The highest BCUT2D eigenvalue weighted by molar-refractivity contribution is 6.31. The zero-order chi connectivity index (χ0) is 18.8. The molecule has 1 aromatic carbocycles. The van der Waals surface area contributed by atoms with Gasteiger partial charge in [-0.1, -0.05) is 35.0 Å². The molecule has 0 unspecified atom stereocenters. The van der Waals surface area contributed by atoms with Gasteiger partial charge in [-0.25, -0.2) is 0 Å². The Morgan fingerprint density at radius 2 is 2.00 bits per heavy atom. The fraction of sp³-hybridized carbons (Fsp3) is 0.524. The average Bonchev–Trinajstić information content (AvgIpc) is 3.12. The van der Waals surface area contributed by atoms with Gasteiger partial charge in [0.05, 0.1) is 0 Å². The Hall–Kier alpha value is -1.85. The molecule has 1 amide bonds. The van der Waals surface area contributed by atoms with Crippen LogP contribution in [-0.2, 0) is 19.4 Å². The van der Waals surface area contributed by atoms with Crippen LogP contribution in [0.25, 0.3) is 0 Å². The normalized spacial score (nSPS) is 18.3. The van der Waals surface area contributed by atoms with Gasteiger partial charge in [0.2, 0.25) is 0 Å². The summed E-state index contributed by atoms with van der Waals surface area (Å²) in [5.74, 6) is 0.877. The van der Waals surface area contributed by atoms with Crippen LogP contribution in [0.4, 0.5) is 0 Å². The Labute approximate surface area is 165 Å². The van der Waals surface area contributed by atoms with Crippen molar-refractivity contribution in [2.24, 2.45) is 0 Å². The van der Waals surface area contributed by atoms with Gasteiger partial charge in [-0.05, 0) is 63.9 Å². The van der Waals surface area contributed by atoms with Gasteiger partial charge in [0, 0.05) is 29.6 Å². The topological polar surface area (TPSA) is 49.6 Å². The summed E-state index contributed by atoms with van der Waals surface area (Å²) < 4.78 is 5.50. The number of carbonyl (C=O) groups is 1. The van der Waals surface area contributed by atoms with Crippen LogP contribution in [0.1, 0.15) is 53.1 Å². The summed E-state index contributed by atoms with van der Waals surface area (Å²) in [4.78, 5) is 17.8. The molecule has 2 heterocycles. The van der Waals surface area contributed by atoms with Gasteiger partial charge in [0.1, 0.15) is 5.76 Å². The van der Waals surface area contributed by atoms with E-state index in [1.54, 1.807) is 0 Å². The van der Waals surface area contributed by atoms with Crippen molar-refractivity contribution in [3.05, 3.63) is 51.9 Å². The molecule has 27 heavy (non-hydrogen) atoms. The fourth-order valence-corrected chi connectivity index (χ4v) is 4.37. The molecule has 4 rings (SSSR count). The van der Waals surface area contributed by atoms with Crippen molar-refractivity contribution in [2.45, 2.75) is 51.1 Å². The minimum absolute atomic E-state index is 0.0172. The Morgan fingerprint density at radius 3 is 2.78 bits per heavy atom. The highest BCUT2D eigenvalue weighted by Crippen LogP contribution is 2.28. The summed E-state index contributed by atoms with van der Waals surface area (Å²) in [6, 6.07) is 7.96. The van der Waals surface area contributed by atoms with Crippen LogP contribution in [0.2, 0.25) is 5.02 Å². The lowest BCUT2D eigenvalue weighted by molar-refractivity contribution is 0.0558. The third kappa shape index (κ3) is 3.90. The molecule has 6 heteroatoms. The Morgan fingerprint density at radius 1 is 1.26 bits per heavy atom. The van der Waals surface area contributed by atoms with E-state index < -0.39 is 0 Å². The molecule has 0 saturated carbocycles. The maximum absolute atomic E-state index is 13.5.